The summed E-state index contributed by atoms with van der Waals surface area (Å²) in [6.07, 6.45) is 3.39. The molecular weight excluding hydrogens is 308 g/mol. The van der Waals surface area contributed by atoms with Gasteiger partial charge in [0.25, 0.3) is 0 Å². The number of pyridine rings is 1. The van der Waals surface area contributed by atoms with Gasteiger partial charge in [-0.15, -0.1) is 0 Å². The summed E-state index contributed by atoms with van der Waals surface area (Å²) in [6, 6.07) is 3.00. The minimum absolute atomic E-state index is 0.323. The van der Waals surface area contributed by atoms with E-state index in [0.29, 0.717) is 5.69 Å². The molecule has 1 atom stereocenters. The fraction of sp³-hybridized carbons (Fsp3) is 0.588. The molecule has 2 N–H and O–H groups in total. The number of nitrogens with zero attached hydrogens (tertiary/aromatic N) is 2. The van der Waals surface area contributed by atoms with E-state index in [0.717, 1.165) is 18.9 Å². The van der Waals surface area contributed by atoms with Crippen molar-refractivity contribution in [1.29, 1.82) is 0 Å². The van der Waals surface area contributed by atoms with Crippen LogP contribution in [0.15, 0.2) is 18.3 Å². The fourth-order valence-corrected chi connectivity index (χ4v) is 2.39. The van der Waals surface area contributed by atoms with Crippen molar-refractivity contribution in [2.45, 2.75) is 52.2 Å². The second-order valence-corrected chi connectivity index (χ2v) is 6.96. The van der Waals surface area contributed by atoms with E-state index in [1.165, 1.54) is 12.8 Å². The van der Waals surface area contributed by atoms with Crippen molar-refractivity contribution in [3.8, 4) is 0 Å². The molecule has 24 heavy (non-hydrogen) atoms. The van der Waals surface area contributed by atoms with Gasteiger partial charge in [0.2, 0.25) is 5.91 Å². The summed E-state index contributed by atoms with van der Waals surface area (Å²) in [5.41, 5.74) is -0.00363. The van der Waals surface area contributed by atoms with Crippen molar-refractivity contribution in [3.05, 3.63) is 18.3 Å². The standard InChI is InChI=1S/C17H26N4O3/c1-12(19-16(23)24-17(2,3)4)15(22)20-13-7-8-14(18-11-13)21-9-5-6-10-21/h7-8,11-12H,5-6,9-10H2,1-4H3,(H,19,23)(H,20,22)/t12-/m1/s1. The van der Waals surface area contributed by atoms with Gasteiger partial charge >= 0.3 is 6.09 Å². The summed E-state index contributed by atoms with van der Waals surface area (Å²) in [5, 5.41) is 5.25. The van der Waals surface area contributed by atoms with Gasteiger partial charge in [0.1, 0.15) is 17.5 Å². The predicted molar refractivity (Wildman–Crippen MR) is 93.1 cm³/mol. The average molecular weight is 334 g/mol. The molecule has 0 unspecified atom stereocenters. The molecule has 7 nitrogen and oxygen atoms in total. The summed E-state index contributed by atoms with van der Waals surface area (Å²) < 4.78 is 5.13. The highest BCUT2D eigenvalue weighted by molar-refractivity contribution is 5.96. The first-order chi connectivity index (χ1) is 11.2. The Morgan fingerprint density at radius 2 is 1.92 bits per heavy atom. The number of hydrogen-bond donors (Lipinski definition) is 2. The van der Waals surface area contributed by atoms with Crippen LogP contribution in [0.4, 0.5) is 16.3 Å². The lowest BCUT2D eigenvalue weighted by atomic mass is 10.2. The van der Waals surface area contributed by atoms with Gasteiger partial charge in [0.05, 0.1) is 11.9 Å². The summed E-state index contributed by atoms with van der Waals surface area (Å²) in [5.74, 6) is 0.599. The minimum Gasteiger partial charge on any atom is -0.444 e. The van der Waals surface area contributed by atoms with Crippen LogP contribution in [-0.4, -0.2) is 41.7 Å². The summed E-state index contributed by atoms with van der Waals surface area (Å²) >= 11 is 0. The number of anilines is 2. The van der Waals surface area contributed by atoms with Crippen molar-refractivity contribution in [2.75, 3.05) is 23.3 Å². The molecule has 0 radical (unpaired) electrons. The topological polar surface area (TPSA) is 83.6 Å². The third kappa shape index (κ3) is 5.40. The Morgan fingerprint density at radius 1 is 1.25 bits per heavy atom. The van der Waals surface area contributed by atoms with Crippen LogP contribution in [0.2, 0.25) is 0 Å². The maximum absolute atomic E-state index is 12.1. The van der Waals surface area contributed by atoms with Crippen LogP contribution in [0.25, 0.3) is 0 Å². The fourth-order valence-electron chi connectivity index (χ4n) is 2.39. The number of alkyl carbamates (subject to hydrolysis) is 1. The van der Waals surface area contributed by atoms with E-state index in [9.17, 15) is 9.59 Å². The van der Waals surface area contributed by atoms with Gasteiger partial charge in [-0.05, 0) is 52.7 Å². The molecule has 0 aromatic carbocycles. The van der Waals surface area contributed by atoms with Crippen LogP contribution in [0.5, 0.6) is 0 Å². The highest BCUT2D eigenvalue weighted by Gasteiger charge is 2.21. The SMILES string of the molecule is C[C@@H](NC(=O)OC(C)(C)C)C(=O)Nc1ccc(N2CCCC2)nc1. The summed E-state index contributed by atoms with van der Waals surface area (Å²) in [6.45, 7) is 8.96. The number of aromatic nitrogens is 1. The van der Waals surface area contributed by atoms with E-state index < -0.39 is 17.7 Å². The van der Waals surface area contributed by atoms with Crippen molar-refractivity contribution in [2.24, 2.45) is 0 Å². The van der Waals surface area contributed by atoms with Gasteiger partial charge in [-0.3, -0.25) is 4.79 Å². The third-order valence-corrected chi connectivity index (χ3v) is 3.57. The number of carbonyl (C=O) groups is 2. The second-order valence-electron chi connectivity index (χ2n) is 6.96. The largest absolute Gasteiger partial charge is 0.444 e. The van der Waals surface area contributed by atoms with Crippen molar-refractivity contribution in [3.63, 3.8) is 0 Å². The lowest BCUT2D eigenvalue weighted by Gasteiger charge is -2.21. The van der Waals surface area contributed by atoms with Crippen LogP contribution in [-0.2, 0) is 9.53 Å². The van der Waals surface area contributed by atoms with Crippen molar-refractivity contribution >= 4 is 23.5 Å². The molecule has 0 spiro atoms. The molecule has 132 valence electrons. The minimum atomic E-state index is -0.710. The predicted octanol–water partition coefficient (Wildman–Crippen LogP) is 2.53. The number of nitrogens with one attached hydrogen (secondary N) is 2. The molecule has 1 aromatic rings. The molecule has 1 aliphatic heterocycles. The zero-order valence-corrected chi connectivity index (χ0v) is 14.8. The van der Waals surface area contributed by atoms with E-state index in [1.54, 1.807) is 33.9 Å². The van der Waals surface area contributed by atoms with Crippen LogP contribution >= 0.6 is 0 Å². The Morgan fingerprint density at radius 3 is 2.46 bits per heavy atom. The van der Waals surface area contributed by atoms with E-state index >= 15 is 0 Å². The molecular formula is C17H26N4O3. The lowest BCUT2D eigenvalue weighted by molar-refractivity contribution is -0.117. The van der Waals surface area contributed by atoms with Gasteiger partial charge in [-0.25, -0.2) is 9.78 Å². The molecule has 1 saturated heterocycles. The van der Waals surface area contributed by atoms with Crippen molar-refractivity contribution < 1.29 is 14.3 Å². The lowest BCUT2D eigenvalue weighted by Crippen LogP contribution is -2.44. The monoisotopic (exact) mass is 334 g/mol. The molecule has 1 aromatic heterocycles. The van der Waals surface area contributed by atoms with Gasteiger partial charge in [0, 0.05) is 13.1 Å². The van der Waals surface area contributed by atoms with Gasteiger partial charge < -0.3 is 20.3 Å². The van der Waals surface area contributed by atoms with E-state index in [-0.39, 0.29) is 5.91 Å². The Bertz CT molecular complexity index is 574. The van der Waals surface area contributed by atoms with E-state index in [2.05, 4.69) is 20.5 Å². The molecule has 2 rings (SSSR count). The molecule has 1 fully saturated rings. The first kappa shape index (κ1) is 18.0. The van der Waals surface area contributed by atoms with Crippen LogP contribution in [0.1, 0.15) is 40.5 Å². The Balaban J connectivity index is 1.85. The first-order valence-electron chi connectivity index (χ1n) is 8.26. The summed E-state index contributed by atoms with van der Waals surface area (Å²) in [4.78, 5) is 30.4. The zero-order chi connectivity index (χ0) is 17.7. The molecule has 0 saturated carbocycles. The number of hydrogen-bond acceptors (Lipinski definition) is 5. The zero-order valence-electron chi connectivity index (χ0n) is 14.8. The molecule has 2 amide bonds. The Hall–Kier alpha value is -2.31. The van der Waals surface area contributed by atoms with Crippen LogP contribution in [0, 0.1) is 0 Å². The number of ether oxygens (including phenoxy) is 1. The van der Waals surface area contributed by atoms with Gasteiger partial charge in [0.15, 0.2) is 0 Å². The highest BCUT2D eigenvalue weighted by atomic mass is 16.6. The normalized spacial score (nSPS) is 15.8. The van der Waals surface area contributed by atoms with Crippen molar-refractivity contribution in [1.82, 2.24) is 10.3 Å². The summed E-state index contributed by atoms with van der Waals surface area (Å²) in [7, 11) is 0. The van der Waals surface area contributed by atoms with Crippen LogP contribution < -0.4 is 15.5 Å². The molecule has 0 bridgehead atoms. The third-order valence-electron chi connectivity index (χ3n) is 3.57. The quantitative estimate of drug-likeness (QED) is 0.884. The Kier molecular flexibility index (Phi) is 5.64. The molecule has 0 aliphatic carbocycles. The van der Waals surface area contributed by atoms with Gasteiger partial charge in [-0.1, -0.05) is 0 Å². The van der Waals surface area contributed by atoms with Gasteiger partial charge in [-0.2, -0.15) is 0 Å². The maximum atomic E-state index is 12.1. The average Bonchev–Trinajstić information content (AvgIpc) is 3.00. The van der Waals surface area contributed by atoms with E-state index in [1.807, 2.05) is 12.1 Å². The molecule has 2 heterocycles. The number of rotatable bonds is 4. The maximum Gasteiger partial charge on any atom is 0.408 e. The smallest absolute Gasteiger partial charge is 0.408 e. The van der Waals surface area contributed by atoms with E-state index in [4.69, 9.17) is 4.74 Å². The highest BCUT2D eigenvalue weighted by Crippen LogP contribution is 2.19. The molecule has 1 aliphatic rings. The number of amides is 2. The second kappa shape index (κ2) is 7.51. The Labute approximate surface area is 142 Å². The van der Waals surface area contributed by atoms with Crippen LogP contribution in [0.3, 0.4) is 0 Å². The number of carbonyl (C=O) groups excluding carboxylic acids is 2. The molecule has 7 heteroatoms. The first-order valence-corrected chi connectivity index (χ1v) is 8.26.